The molecule has 0 saturated heterocycles. The molecule has 1 amide bonds. The number of nitrogens with one attached hydrogen (secondary N) is 1. The minimum absolute atomic E-state index is 0.106. The van der Waals surface area contributed by atoms with E-state index in [1.54, 1.807) is 12.3 Å². The molecule has 0 unspecified atom stereocenters. The molecule has 30 heavy (non-hydrogen) atoms. The van der Waals surface area contributed by atoms with Gasteiger partial charge in [-0.25, -0.2) is 5.43 Å². The molecule has 2 heterocycles. The largest absolute Gasteiger partial charge is 0.481 e. The number of non-ortho nitro benzene ring substituents is 1. The molecule has 0 saturated carbocycles. The number of nitro benzene ring substituents is 1. The number of rotatable bonds is 8. The zero-order valence-corrected chi connectivity index (χ0v) is 15.5. The molecule has 0 aliphatic heterocycles. The topological polar surface area (TPSA) is 153 Å². The quantitative estimate of drug-likeness (QED) is 0.329. The smallest absolute Gasteiger partial charge is 0.305 e. The van der Waals surface area contributed by atoms with E-state index < -0.39 is 16.8 Å². The molecule has 0 spiro atoms. The average Bonchev–Trinajstić information content (AvgIpc) is 3.16. The molecule has 11 nitrogen and oxygen atoms in total. The van der Waals surface area contributed by atoms with Gasteiger partial charge in [0, 0.05) is 47.4 Å². The number of hydrogen-bond acceptors (Lipinski definition) is 7. The van der Waals surface area contributed by atoms with Gasteiger partial charge in [0.25, 0.3) is 11.6 Å². The van der Waals surface area contributed by atoms with Gasteiger partial charge in [0.1, 0.15) is 5.69 Å². The van der Waals surface area contributed by atoms with Crippen LogP contribution in [0.15, 0.2) is 60.1 Å². The van der Waals surface area contributed by atoms with Gasteiger partial charge in [-0.2, -0.15) is 10.2 Å². The van der Waals surface area contributed by atoms with Crippen LogP contribution in [0, 0.1) is 10.1 Å². The van der Waals surface area contributed by atoms with Crippen LogP contribution in [0.1, 0.15) is 22.3 Å². The van der Waals surface area contributed by atoms with Crippen LogP contribution in [0.3, 0.4) is 0 Å². The maximum atomic E-state index is 12.1. The summed E-state index contributed by atoms with van der Waals surface area (Å²) in [5.41, 5.74) is 3.92. The number of aryl methyl sites for hydroxylation is 1. The lowest BCUT2D eigenvalue weighted by Gasteiger charge is -2.00. The predicted molar refractivity (Wildman–Crippen MR) is 106 cm³/mol. The monoisotopic (exact) mass is 408 g/mol. The Kier molecular flexibility index (Phi) is 6.23. The first kappa shape index (κ1) is 20.3. The van der Waals surface area contributed by atoms with E-state index in [4.69, 9.17) is 5.11 Å². The summed E-state index contributed by atoms with van der Waals surface area (Å²) in [6.07, 6.45) is 5.71. The molecule has 152 valence electrons. The number of benzene rings is 1. The Balaban J connectivity index is 1.88. The molecule has 0 aliphatic carbocycles. The number of carbonyl (C=O) groups excluding carboxylic acids is 1. The van der Waals surface area contributed by atoms with Gasteiger partial charge in [-0.1, -0.05) is 12.1 Å². The Hall–Kier alpha value is -4.41. The highest BCUT2D eigenvalue weighted by molar-refractivity contribution is 5.95. The third kappa shape index (κ3) is 5.10. The van der Waals surface area contributed by atoms with Crippen molar-refractivity contribution in [2.75, 3.05) is 0 Å². The summed E-state index contributed by atoms with van der Waals surface area (Å²) < 4.78 is 1.41. The second-order valence-corrected chi connectivity index (χ2v) is 6.08. The first-order valence-corrected chi connectivity index (χ1v) is 8.71. The second kappa shape index (κ2) is 9.19. The summed E-state index contributed by atoms with van der Waals surface area (Å²) in [4.78, 5) is 37.3. The Morgan fingerprint density at radius 2 is 2.03 bits per heavy atom. The summed E-state index contributed by atoms with van der Waals surface area (Å²) in [5, 5.41) is 28.2. The molecule has 0 atom stereocenters. The van der Waals surface area contributed by atoms with Crippen molar-refractivity contribution in [1.29, 1.82) is 0 Å². The number of nitro groups is 1. The summed E-state index contributed by atoms with van der Waals surface area (Å²) in [6, 6.07) is 8.94. The molecule has 2 N–H and O–H groups in total. The Labute approximate surface area is 169 Å². The molecular weight excluding hydrogens is 392 g/mol. The average molecular weight is 408 g/mol. The Morgan fingerprint density at radius 3 is 2.73 bits per heavy atom. The number of carbonyl (C=O) groups is 2. The number of hydrazone groups is 1. The fraction of sp³-hybridized carbons (Fsp3) is 0.105. The number of carboxylic acids is 1. The van der Waals surface area contributed by atoms with E-state index in [-0.39, 0.29) is 18.7 Å². The first-order chi connectivity index (χ1) is 14.4. The van der Waals surface area contributed by atoms with Crippen LogP contribution in [0.2, 0.25) is 0 Å². The van der Waals surface area contributed by atoms with Crippen LogP contribution in [0.25, 0.3) is 11.3 Å². The molecular formula is C19H16N6O5. The fourth-order valence-electron chi connectivity index (χ4n) is 2.58. The molecule has 0 aliphatic rings. The van der Waals surface area contributed by atoms with E-state index >= 15 is 0 Å². The number of amides is 1. The second-order valence-electron chi connectivity index (χ2n) is 6.08. The highest BCUT2D eigenvalue weighted by Crippen LogP contribution is 2.25. The lowest BCUT2D eigenvalue weighted by molar-refractivity contribution is -0.384. The molecule has 3 rings (SSSR count). The van der Waals surface area contributed by atoms with E-state index in [0.717, 1.165) is 0 Å². The fourth-order valence-corrected chi connectivity index (χ4v) is 2.58. The lowest BCUT2D eigenvalue weighted by atomic mass is 10.1. The Morgan fingerprint density at radius 1 is 1.27 bits per heavy atom. The number of nitrogens with zero attached hydrogens (tertiary/aromatic N) is 5. The number of carboxylic acid groups (broad SMARTS) is 1. The SMILES string of the molecule is O=C(O)CCn1cc(/C=N\NC(=O)c2ccncc2)c(-c2cccc([N+](=O)[O-])c2)n1. The van der Waals surface area contributed by atoms with Crippen LogP contribution < -0.4 is 5.43 Å². The van der Waals surface area contributed by atoms with Crippen LogP contribution >= 0.6 is 0 Å². The maximum Gasteiger partial charge on any atom is 0.305 e. The third-order valence-electron chi connectivity index (χ3n) is 3.99. The van der Waals surface area contributed by atoms with Crippen molar-refractivity contribution in [1.82, 2.24) is 20.2 Å². The summed E-state index contributed by atoms with van der Waals surface area (Å²) in [5.74, 6) is -1.42. The normalized spacial score (nSPS) is 10.8. The van der Waals surface area contributed by atoms with Gasteiger partial charge in [-0.15, -0.1) is 0 Å². The van der Waals surface area contributed by atoms with Gasteiger partial charge >= 0.3 is 5.97 Å². The Bertz CT molecular complexity index is 1110. The molecule has 3 aromatic rings. The lowest BCUT2D eigenvalue weighted by Crippen LogP contribution is -2.17. The van der Waals surface area contributed by atoms with E-state index in [1.165, 1.54) is 53.6 Å². The molecule has 2 aromatic heterocycles. The third-order valence-corrected chi connectivity index (χ3v) is 3.99. The zero-order valence-electron chi connectivity index (χ0n) is 15.5. The van der Waals surface area contributed by atoms with Crippen LogP contribution in [0.5, 0.6) is 0 Å². The van der Waals surface area contributed by atoms with Crippen molar-refractivity contribution in [3.63, 3.8) is 0 Å². The molecule has 11 heteroatoms. The summed E-state index contributed by atoms with van der Waals surface area (Å²) >= 11 is 0. The predicted octanol–water partition coefficient (Wildman–Crippen LogP) is 2.09. The standard InChI is InChI=1S/C19H16N6O5/c26-17(27)6-9-24-12-15(11-21-22-19(28)13-4-7-20-8-5-13)18(23-24)14-2-1-3-16(10-14)25(29)30/h1-5,7-8,10-12H,6,9H2,(H,22,28)(H,26,27)/b21-11-. The van der Waals surface area contributed by atoms with Crippen molar-refractivity contribution in [2.45, 2.75) is 13.0 Å². The van der Waals surface area contributed by atoms with Crippen molar-refractivity contribution in [2.24, 2.45) is 5.10 Å². The van der Waals surface area contributed by atoms with Crippen molar-refractivity contribution in [3.05, 3.63) is 76.2 Å². The zero-order chi connectivity index (χ0) is 21.5. The van der Waals surface area contributed by atoms with Gasteiger partial charge in [0.05, 0.1) is 24.1 Å². The maximum absolute atomic E-state index is 12.1. The van der Waals surface area contributed by atoms with E-state index in [1.807, 2.05) is 0 Å². The number of aliphatic carboxylic acids is 1. The van der Waals surface area contributed by atoms with Gasteiger partial charge in [0.15, 0.2) is 0 Å². The number of pyridine rings is 1. The molecule has 1 aromatic carbocycles. The minimum Gasteiger partial charge on any atom is -0.481 e. The van der Waals surface area contributed by atoms with E-state index in [9.17, 15) is 19.7 Å². The molecule has 0 radical (unpaired) electrons. The van der Waals surface area contributed by atoms with E-state index in [0.29, 0.717) is 22.4 Å². The number of aromatic nitrogens is 3. The van der Waals surface area contributed by atoms with Gasteiger partial charge in [0.2, 0.25) is 0 Å². The van der Waals surface area contributed by atoms with Gasteiger partial charge < -0.3 is 5.11 Å². The van der Waals surface area contributed by atoms with Gasteiger partial charge in [-0.3, -0.25) is 29.4 Å². The molecule has 0 fully saturated rings. The van der Waals surface area contributed by atoms with Crippen molar-refractivity contribution < 1.29 is 19.6 Å². The van der Waals surface area contributed by atoms with Crippen molar-refractivity contribution in [3.8, 4) is 11.3 Å². The summed E-state index contributed by atoms with van der Waals surface area (Å²) in [7, 11) is 0. The van der Waals surface area contributed by atoms with Gasteiger partial charge in [-0.05, 0) is 12.1 Å². The van der Waals surface area contributed by atoms with Crippen LogP contribution in [-0.4, -0.2) is 42.9 Å². The summed E-state index contributed by atoms with van der Waals surface area (Å²) in [6.45, 7) is 0.106. The number of hydrogen-bond donors (Lipinski definition) is 2. The van der Waals surface area contributed by atoms with E-state index in [2.05, 4.69) is 20.6 Å². The van der Waals surface area contributed by atoms with Crippen LogP contribution in [-0.2, 0) is 11.3 Å². The minimum atomic E-state index is -0.984. The highest BCUT2D eigenvalue weighted by atomic mass is 16.6. The van der Waals surface area contributed by atoms with Crippen molar-refractivity contribution >= 4 is 23.8 Å². The highest BCUT2D eigenvalue weighted by Gasteiger charge is 2.14. The molecule has 0 bridgehead atoms. The first-order valence-electron chi connectivity index (χ1n) is 8.71. The van der Waals surface area contributed by atoms with Crippen LogP contribution in [0.4, 0.5) is 5.69 Å².